The smallest absolute Gasteiger partial charge is 0.266 e. The van der Waals surface area contributed by atoms with Gasteiger partial charge in [0.05, 0.1) is 13.2 Å². The van der Waals surface area contributed by atoms with Gasteiger partial charge in [0.15, 0.2) is 5.78 Å². The van der Waals surface area contributed by atoms with E-state index < -0.39 is 16.5 Å². The van der Waals surface area contributed by atoms with E-state index >= 15 is 0 Å². The molecule has 0 bridgehead atoms. The van der Waals surface area contributed by atoms with Crippen LogP contribution in [0.3, 0.4) is 0 Å². The van der Waals surface area contributed by atoms with Gasteiger partial charge in [-0.25, -0.2) is 13.8 Å². The van der Waals surface area contributed by atoms with Crippen molar-refractivity contribution in [2.45, 2.75) is 38.0 Å². The molecule has 1 aliphatic carbocycles. The minimum atomic E-state index is -2.73. The molecular weight excluding hydrogens is 390 g/mol. The first-order valence-corrected chi connectivity index (χ1v) is 11.7. The normalized spacial score (nSPS) is 25.5. The van der Waals surface area contributed by atoms with Gasteiger partial charge >= 0.3 is 0 Å². The van der Waals surface area contributed by atoms with Crippen molar-refractivity contribution >= 4 is 22.1 Å². The van der Waals surface area contributed by atoms with E-state index in [1.54, 1.807) is 17.0 Å². The van der Waals surface area contributed by atoms with Crippen molar-refractivity contribution in [1.82, 2.24) is 4.98 Å². The van der Waals surface area contributed by atoms with Gasteiger partial charge in [0.25, 0.3) is 5.92 Å². The highest BCUT2D eigenvalue weighted by Crippen LogP contribution is 2.46. The maximum absolute atomic E-state index is 13.7. The Labute approximate surface area is 164 Å². The number of ketones is 1. The molecule has 156 valence electrons. The molecule has 2 N–H and O–H groups in total. The lowest BCUT2D eigenvalue weighted by molar-refractivity contribution is 0.0257. The van der Waals surface area contributed by atoms with Crippen LogP contribution in [0.1, 0.15) is 42.6 Å². The number of hydrogen-bond donors (Lipinski definition) is 2. The van der Waals surface area contributed by atoms with Gasteiger partial charge in [0, 0.05) is 30.4 Å². The van der Waals surface area contributed by atoms with E-state index in [1.807, 2.05) is 0 Å². The quantitative estimate of drug-likeness (QED) is 0.681. The minimum Gasteiger partial charge on any atom is -0.476 e. The molecule has 9 heteroatoms. The molecule has 1 aromatic heterocycles. The molecule has 0 radical (unpaired) electrons. The fourth-order valence-electron chi connectivity index (χ4n) is 3.72. The second-order valence-electron chi connectivity index (χ2n) is 8.15. The summed E-state index contributed by atoms with van der Waals surface area (Å²) in [5.74, 6) is -2.00. The van der Waals surface area contributed by atoms with Crippen molar-refractivity contribution in [2.24, 2.45) is 11.8 Å². The Balaban J connectivity index is 1.53. The van der Waals surface area contributed by atoms with Gasteiger partial charge in [0.1, 0.15) is 11.4 Å². The zero-order valence-electron chi connectivity index (χ0n) is 15.6. The van der Waals surface area contributed by atoms with Gasteiger partial charge in [-0.15, -0.1) is 0 Å². The summed E-state index contributed by atoms with van der Waals surface area (Å²) in [5.41, 5.74) is 0.760. The zero-order valence-corrected chi connectivity index (χ0v) is 16.5. The fourth-order valence-corrected chi connectivity index (χ4v) is 5.25. The molecule has 2 saturated heterocycles. The highest BCUT2D eigenvalue weighted by molar-refractivity contribution is 8.24. The Kier molecular flexibility index (Phi) is 5.26. The number of carbonyl (C=O) groups excluding carboxylic acids is 1. The SMILES string of the molecule is O=C(c1ccc(N2CCC(F)(F)C2)c(OCC2CC2)n1)C1CCS(O)(O)CC1. The number of ether oxygens (including phenoxy) is 1. The monoisotopic (exact) mass is 416 g/mol. The number of alkyl halides is 2. The number of anilines is 1. The lowest BCUT2D eigenvalue weighted by Crippen LogP contribution is -2.28. The van der Waals surface area contributed by atoms with E-state index in [4.69, 9.17) is 4.74 Å². The van der Waals surface area contributed by atoms with Crippen LogP contribution in [0.15, 0.2) is 12.1 Å². The number of nitrogens with zero attached hydrogens (tertiary/aromatic N) is 2. The molecule has 1 saturated carbocycles. The summed E-state index contributed by atoms with van der Waals surface area (Å²) in [6.07, 6.45) is 2.81. The Morgan fingerprint density at radius 1 is 1.25 bits per heavy atom. The predicted octanol–water partition coefficient (Wildman–Crippen LogP) is 4.06. The number of carbonyl (C=O) groups is 1. The Morgan fingerprint density at radius 3 is 2.57 bits per heavy atom. The van der Waals surface area contributed by atoms with Crippen LogP contribution in [-0.2, 0) is 0 Å². The van der Waals surface area contributed by atoms with Crippen LogP contribution < -0.4 is 9.64 Å². The van der Waals surface area contributed by atoms with E-state index in [-0.39, 0.29) is 54.3 Å². The molecule has 0 unspecified atom stereocenters. The fraction of sp³-hybridized carbons (Fsp3) is 0.684. The summed E-state index contributed by atoms with van der Waals surface area (Å²) in [6, 6.07) is 3.23. The maximum atomic E-state index is 13.7. The van der Waals surface area contributed by atoms with Gasteiger partial charge in [-0.3, -0.25) is 13.9 Å². The summed E-state index contributed by atoms with van der Waals surface area (Å²) < 4.78 is 52.6. The standard InChI is InChI=1S/C19H26F2N2O4S/c20-19(21)7-8-23(12-19)16-4-3-15(22-18(16)27-11-13-1-2-13)17(24)14-5-9-28(25,26)10-6-14/h3-4,13-14,25-26H,1-2,5-12H2. The average molecular weight is 416 g/mol. The first kappa shape index (κ1) is 19.8. The van der Waals surface area contributed by atoms with Crippen LogP contribution in [0.4, 0.5) is 14.5 Å². The van der Waals surface area contributed by atoms with Crippen LogP contribution in [0.5, 0.6) is 5.88 Å². The number of Topliss-reactive ketones (excluding diaryl/α,β-unsaturated/α-hetero) is 1. The molecule has 3 aliphatic rings. The minimum absolute atomic E-state index is 0.149. The van der Waals surface area contributed by atoms with Crippen molar-refractivity contribution in [3.63, 3.8) is 0 Å². The molecule has 0 aromatic carbocycles. The highest BCUT2D eigenvalue weighted by atomic mass is 32.3. The topological polar surface area (TPSA) is 82.9 Å². The van der Waals surface area contributed by atoms with E-state index in [0.29, 0.717) is 31.1 Å². The Bertz CT molecular complexity index is 747. The predicted molar refractivity (Wildman–Crippen MR) is 104 cm³/mol. The van der Waals surface area contributed by atoms with Crippen LogP contribution in [0.2, 0.25) is 0 Å². The number of pyridine rings is 1. The third kappa shape index (κ3) is 4.58. The molecule has 0 amide bonds. The third-order valence-electron chi connectivity index (χ3n) is 5.71. The van der Waals surface area contributed by atoms with Crippen molar-refractivity contribution in [3.8, 4) is 5.88 Å². The molecule has 4 rings (SSSR count). The molecule has 6 nitrogen and oxygen atoms in total. The van der Waals surface area contributed by atoms with Crippen LogP contribution >= 0.6 is 10.6 Å². The van der Waals surface area contributed by atoms with E-state index in [2.05, 4.69) is 4.98 Å². The van der Waals surface area contributed by atoms with Crippen molar-refractivity contribution in [3.05, 3.63) is 17.8 Å². The molecular formula is C19H26F2N2O4S. The van der Waals surface area contributed by atoms with Crippen molar-refractivity contribution < 1.29 is 27.4 Å². The number of rotatable bonds is 6. The number of aromatic nitrogens is 1. The lowest BCUT2D eigenvalue weighted by atomic mass is 9.95. The summed E-state index contributed by atoms with van der Waals surface area (Å²) in [6.45, 7) is 0.330. The molecule has 3 heterocycles. The van der Waals surface area contributed by atoms with Gasteiger partial charge in [-0.1, -0.05) is 0 Å². The van der Waals surface area contributed by atoms with E-state index in [9.17, 15) is 22.7 Å². The van der Waals surface area contributed by atoms with Crippen LogP contribution in [-0.4, -0.2) is 57.0 Å². The first-order chi connectivity index (χ1) is 13.2. The number of hydrogen-bond acceptors (Lipinski definition) is 6. The molecule has 0 spiro atoms. The maximum Gasteiger partial charge on any atom is 0.266 e. The second-order valence-corrected chi connectivity index (χ2v) is 10.6. The molecule has 3 fully saturated rings. The number of halogens is 2. The van der Waals surface area contributed by atoms with Gasteiger partial charge in [-0.2, -0.15) is 10.6 Å². The summed E-state index contributed by atoms with van der Waals surface area (Å²) in [7, 11) is -2.55. The third-order valence-corrected chi connectivity index (χ3v) is 7.49. The Morgan fingerprint density at radius 2 is 1.96 bits per heavy atom. The van der Waals surface area contributed by atoms with E-state index in [1.165, 1.54) is 0 Å². The van der Waals surface area contributed by atoms with Gasteiger partial charge < -0.3 is 9.64 Å². The van der Waals surface area contributed by atoms with Crippen molar-refractivity contribution in [2.75, 3.05) is 36.1 Å². The summed E-state index contributed by atoms with van der Waals surface area (Å²) >= 11 is 0. The molecule has 28 heavy (non-hydrogen) atoms. The highest BCUT2D eigenvalue weighted by Gasteiger charge is 2.40. The van der Waals surface area contributed by atoms with Crippen LogP contribution in [0.25, 0.3) is 0 Å². The first-order valence-electron chi connectivity index (χ1n) is 9.77. The molecule has 1 aromatic rings. The second kappa shape index (κ2) is 7.42. The largest absolute Gasteiger partial charge is 0.476 e. The average Bonchev–Trinajstić information content (AvgIpc) is 3.41. The van der Waals surface area contributed by atoms with Crippen molar-refractivity contribution in [1.29, 1.82) is 0 Å². The van der Waals surface area contributed by atoms with Gasteiger partial charge in [-0.05, 0) is 43.7 Å². The van der Waals surface area contributed by atoms with Crippen LogP contribution in [0, 0.1) is 11.8 Å². The molecule has 0 atom stereocenters. The lowest BCUT2D eigenvalue weighted by Gasteiger charge is -2.38. The summed E-state index contributed by atoms with van der Waals surface area (Å²) in [5, 5.41) is 0. The van der Waals surface area contributed by atoms with E-state index in [0.717, 1.165) is 12.8 Å². The summed E-state index contributed by atoms with van der Waals surface area (Å²) in [4.78, 5) is 18.8. The zero-order chi connectivity index (χ0) is 19.9. The Hall–Kier alpha value is -1.45. The molecule has 2 aliphatic heterocycles. The van der Waals surface area contributed by atoms with Gasteiger partial charge in [0.2, 0.25) is 5.88 Å².